The Morgan fingerprint density at radius 1 is 1.07 bits per heavy atom. The molecule has 9 heteroatoms. The molecule has 1 N–H and O–H groups in total. The van der Waals surface area contributed by atoms with Gasteiger partial charge in [0.2, 0.25) is 5.95 Å². The van der Waals surface area contributed by atoms with Crippen LogP contribution in [0.15, 0.2) is 53.6 Å². The Morgan fingerprint density at radius 2 is 1.86 bits per heavy atom. The molecule has 3 aliphatic heterocycles. The van der Waals surface area contributed by atoms with Gasteiger partial charge in [0.15, 0.2) is 9.84 Å². The molecule has 7 nitrogen and oxygen atoms in total. The van der Waals surface area contributed by atoms with Crippen LogP contribution in [0, 0.1) is 12.8 Å². The van der Waals surface area contributed by atoms with Gasteiger partial charge in [-0.25, -0.2) is 13.4 Å². The Balaban J connectivity index is 1.30. The molecular weight excluding hydrogens is 577 g/mol. The average molecular weight is 619 g/mol. The van der Waals surface area contributed by atoms with Crippen LogP contribution in [-0.4, -0.2) is 55.7 Å². The van der Waals surface area contributed by atoms with Crippen molar-refractivity contribution < 1.29 is 13.2 Å². The minimum atomic E-state index is -3.40. The number of nitrogens with one attached hydrogen (secondary N) is 1. The van der Waals surface area contributed by atoms with Gasteiger partial charge >= 0.3 is 0 Å². The van der Waals surface area contributed by atoms with E-state index < -0.39 is 15.1 Å². The van der Waals surface area contributed by atoms with E-state index in [9.17, 15) is 8.42 Å². The smallest absolute Gasteiger partial charge is 0.229 e. The van der Waals surface area contributed by atoms with E-state index in [0.29, 0.717) is 28.6 Å². The van der Waals surface area contributed by atoms with Gasteiger partial charge in [-0.3, -0.25) is 0 Å². The van der Waals surface area contributed by atoms with Crippen LogP contribution < -0.4 is 10.2 Å². The van der Waals surface area contributed by atoms with Gasteiger partial charge in [-0.05, 0) is 105 Å². The molecule has 4 heterocycles. The average Bonchev–Trinajstić information content (AvgIpc) is 3.02. The summed E-state index contributed by atoms with van der Waals surface area (Å²) in [5.41, 5.74) is 6.15. The first-order chi connectivity index (χ1) is 20.8. The third-order valence-electron chi connectivity index (χ3n) is 8.88. The summed E-state index contributed by atoms with van der Waals surface area (Å²) in [6, 6.07) is 14.3. The fraction of sp³-hybridized carbons (Fsp3) is 0.471. The topological polar surface area (TPSA) is 84.4 Å². The summed E-state index contributed by atoms with van der Waals surface area (Å²) in [5.74, 6) is 3.24. The van der Waals surface area contributed by atoms with Gasteiger partial charge in [-0.15, -0.1) is 0 Å². The molecule has 3 aromatic rings. The van der Waals surface area contributed by atoms with E-state index in [1.165, 1.54) is 30.6 Å². The Morgan fingerprint density at radius 3 is 2.58 bits per heavy atom. The maximum absolute atomic E-state index is 13.1. The molecule has 6 rings (SSSR count). The predicted molar refractivity (Wildman–Crippen MR) is 178 cm³/mol. The summed E-state index contributed by atoms with van der Waals surface area (Å²) >= 11 is 2.06. The van der Waals surface area contributed by atoms with Gasteiger partial charge < -0.3 is 15.0 Å². The monoisotopic (exact) mass is 618 g/mol. The van der Waals surface area contributed by atoms with Crippen molar-refractivity contribution >= 4 is 50.7 Å². The fourth-order valence-electron chi connectivity index (χ4n) is 6.30. The molecule has 0 saturated carbocycles. The number of nitrogens with zero attached hydrogens (tertiary/aromatic N) is 3. The number of thioether (sulfide) groups is 1. The van der Waals surface area contributed by atoms with Crippen molar-refractivity contribution in [2.45, 2.75) is 68.3 Å². The second-order valence-corrected chi connectivity index (χ2v) is 16.0. The first-order valence-corrected chi connectivity index (χ1v) is 18.1. The van der Waals surface area contributed by atoms with Gasteiger partial charge in [0.25, 0.3) is 0 Å². The van der Waals surface area contributed by atoms with Crippen molar-refractivity contribution in [1.29, 1.82) is 0 Å². The molecule has 1 aromatic heterocycles. The summed E-state index contributed by atoms with van der Waals surface area (Å²) in [6.45, 7) is 8.48. The van der Waals surface area contributed by atoms with Gasteiger partial charge in [0.1, 0.15) is 5.82 Å². The van der Waals surface area contributed by atoms with Crippen LogP contribution in [-0.2, 0) is 14.6 Å². The van der Waals surface area contributed by atoms with Crippen molar-refractivity contribution in [3.63, 3.8) is 0 Å². The maximum Gasteiger partial charge on any atom is 0.229 e. The number of rotatable bonds is 8. The van der Waals surface area contributed by atoms with Crippen LogP contribution >= 0.6 is 11.8 Å². The predicted octanol–water partition coefficient (Wildman–Crippen LogP) is 7.46. The molecule has 2 aromatic carbocycles. The highest BCUT2D eigenvalue weighted by atomic mass is 32.2. The molecule has 0 spiro atoms. The fourth-order valence-corrected chi connectivity index (χ4v) is 8.96. The number of sulfone groups is 1. The van der Waals surface area contributed by atoms with Crippen LogP contribution in [0.25, 0.3) is 11.6 Å². The van der Waals surface area contributed by atoms with Crippen molar-refractivity contribution in [2.75, 3.05) is 42.3 Å². The molecule has 0 bridgehead atoms. The molecule has 228 valence electrons. The Kier molecular flexibility index (Phi) is 9.12. The van der Waals surface area contributed by atoms with Crippen molar-refractivity contribution in [3.05, 3.63) is 70.9 Å². The quantitative estimate of drug-likeness (QED) is 0.279. The first kappa shape index (κ1) is 30.2. The third-order valence-corrected chi connectivity index (χ3v) is 12.6. The zero-order chi connectivity index (χ0) is 30.0. The number of hydrogen-bond donors (Lipinski definition) is 1. The van der Waals surface area contributed by atoms with Gasteiger partial charge in [-0.1, -0.05) is 30.7 Å². The van der Waals surface area contributed by atoms with E-state index in [-0.39, 0.29) is 0 Å². The molecule has 3 aliphatic rings. The number of fused-ring (bicyclic) bond motifs is 1. The second kappa shape index (κ2) is 13.0. The standard InChI is InChI=1S/C34H42N4O3S2/c1-23(2)43(39,40)32-9-6-7-30(24(32)3)28-19-27-20-35-34(37-33(27)38(22-28)21-25-14-16-41-17-15-25)36-29-12-10-26(11-13-29)31-8-4-5-18-42-31/h6-7,9-13,19-20,23,25,31H,4-5,8,14-18,21-22H2,1-3H3,(H,35,36,37). The summed E-state index contributed by atoms with van der Waals surface area (Å²) < 4.78 is 31.9. The molecule has 0 aliphatic carbocycles. The lowest BCUT2D eigenvalue weighted by molar-refractivity contribution is 0.0683. The highest BCUT2D eigenvalue weighted by Gasteiger charge is 2.28. The normalized spacial score (nSPS) is 19.7. The van der Waals surface area contributed by atoms with E-state index in [4.69, 9.17) is 14.7 Å². The van der Waals surface area contributed by atoms with E-state index in [0.717, 1.165) is 66.4 Å². The van der Waals surface area contributed by atoms with Crippen LogP contribution in [0.2, 0.25) is 0 Å². The minimum Gasteiger partial charge on any atom is -0.381 e. The molecular formula is C34H42N4O3S2. The summed E-state index contributed by atoms with van der Waals surface area (Å²) in [4.78, 5) is 12.5. The Hall–Kier alpha value is -2.88. The van der Waals surface area contributed by atoms with E-state index in [2.05, 4.69) is 52.3 Å². The van der Waals surface area contributed by atoms with E-state index >= 15 is 0 Å². The lowest BCUT2D eigenvalue weighted by Crippen LogP contribution is -2.36. The highest BCUT2D eigenvalue weighted by molar-refractivity contribution is 7.99. The SMILES string of the molecule is Cc1c(C2=Cc3cnc(Nc4ccc(C5CCCCS5)cc4)nc3N(CC3CCOCC3)C2)cccc1S(=O)(=O)C(C)C. The van der Waals surface area contributed by atoms with Crippen LogP contribution in [0.5, 0.6) is 0 Å². The van der Waals surface area contributed by atoms with E-state index in [1.54, 1.807) is 19.9 Å². The van der Waals surface area contributed by atoms with Crippen molar-refractivity contribution in [3.8, 4) is 0 Å². The molecule has 2 saturated heterocycles. The lowest BCUT2D eigenvalue weighted by Gasteiger charge is -2.35. The minimum absolute atomic E-state index is 0.409. The van der Waals surface area contributed by atoms with Gasteiger partial charge in [0, 0.05) is 49.0 Å². The molecule has 1 atom stereocenters. The molecule has 43 heavy (non-hydrogen) atoms. The second-order valence-electron chi connectivity index (χ2n) is 12.2. The molecule has 1 unspecified atom stereocenters. The number of hydrogen-bond acceptors (Lipinski definition) is 8. The summed E-state index contributed by atoms with van der Waals surface area (Å²) in [7, 11) is -3.40. The zero-order valence-corrected chi connectivity index (χ0v) is 27.0. The summed E-state index contributed by atoms with van der Waals surface area (Å²) in [6.07, 6.45) is 9.94. The molecule has 0 radical (unpaired) electrons. The van der Waals surface area contributed by atoms with Gasteiger partial charge in [-0.2, -0.15) is 16.7 Å². The number of anilines is 3. The van der Waals surface area contributed by atoms with Crippen LogP contribution in [0.1, 0.15) is 73.5 Å². The Bertz CT molecular complexity index is 1580. The van der Waals surface area contributed by atoms with Gasteiger partial charge in [0.05, 0.1) is 10.1 Å². The first-order valence-electron chi connectivity index (χ1n) is 15.5. The van der Waals surface area contributed by atoms with Crippen molar-refractivity contribution in [2.24, 2.45) is 5.92 Å². The summed E-state index contributed by atoms with van der Waals surface area (Å²) in [5, 5.41) is 3.55. The highest BCUT2D eigenvalue weighted by Crippen LogP contribution is 2.39. The number of ether oxygens (including phenoxy) is 1. The van der Waals surface area contributed by atoms with E-state index in [1.807, 2.05) is 25.3 Å². The zero-order valence-electron chi connectivity index (χ0n) is 25.4. The van der Waals surface area contributed by atoms with Crippen molar-refractivity contribution in [1.82, 2.24) is 9.97 Å². The largest absolute Gasteiger partial charge is 0.381 e. The van der Waals surface area contributed by atoms with Crippen LogP contribution in [0.4, 0.5) is 17.5 Å². The van der Waals surface area contributed by atoms with Crippen LogP contribution in [0.3, 0.4) is 0 Å². The number of aromatic nitrogens is 2. The third kappa shape index (κ3) is 6.64. The maximum atomic E-state index is 13.1. The molecule has 2 fully saturated rings. The lowest BCUT2D eigenvalue weighted by atomic mass is 9.94. The Labute approximate surface area is 260 Å². The number of benzene rings is 2. The molecule has 0 amide bonds.